The molecule has 3 saturated heterocycles. The zero-order valence-corrected chi connectivity index (χ0v) is 20.1. The molecule has 7 heteroatoms. The van der Waals surface area contributed by atoms with Crippen molar-refractivity contribution in [3.63, 3.8) is 0 Å². The molecule has 0 saturated carbocycles. The number of likely N-dealkylation sites (tertiary alicyclic amines) is 1. The van der Waals surface area contributed by atoms with Crippen LogP contribution in [-0.2, 0) is 11.3 Å². The Labute approximate surface area is 192 Å². The Morgan fingerprint density at radius 2 is 2.03 bits per heavy atom. The number of aliphatic imine (C=N–C) groups is 1. The molecule has 0 amide bonds. The molecule has 4 rings (SSSR count). The van der Waals surface area contributed by atoms with Crippen LogP contribution in [0.5, 0.6) is 0 Å². The van der Waals surface area contributed by atoms with Gasteiger partial charge in [-0.3, -0.25) is 0 Å². The number of guanidine groups is 1. The fourth-order valence-electron chi connectivity index (χ4n) is 4.71. The first-order valence-electron chi connectivity index (χ1n) is 11.1. The molecule has 1 aromatic heterocycles. The van der Waals surface area contributed by atoms with Gasteiger partial charge in [0.1, 0.15) is 5.82 Å². The van der Waals surface area contributed by atoms with Crippen molar-refractivity contribution in [3.05, 3.63) is 23.9 Å². The van der Waals surface area contributed by atoms with E-state index in [1.807, 2.05) is 6.20 Å². The SMILES string of the molecule is CCNC(=NCc1ccnc(N2CCCCCC2)c1)N1CCC2(CCOC2)C1.I. The lowest BCUT2D eigenvalue weighted by atomic mass is 9.87. The Bertz CT molecular complexity index is 669. The smallest absolute Gasteiger partial charge is 0.194 e. The molecule has 3 fully saturated rings. The topological polar surface area (TPSA) is 53.0 Å². The highest BCUT2D eigenvalue weighted by Crippen LogP contribution is 2.38. The maximum Gasteiger partial charge on any atom is 0.194 e. The van der Waals surface area contributed by atoms with Crippen molar-refractivity contribution < 1.29 is 4.74 Å². The summed E-state index contributed by atoms with van der Waals surface area (Å²) in [5, 5.41) is 3.50. The van der Waals surface area contributed by atoms with Crippen molar-refractivity contribution in [3.8, 4) is 0 Å². The molecule has 3 aliphatic heterocycles. The van der Waals surface area contributed by atoms with Crippen molar-refractivity contribution in [2.75, 3.05) is 50.8 Å². The van der Waals surface area contributed by atoms with Gasteiger partial charge in [-0.05, 0) is 50.3 Å². The summed E-state index contributed by atoms with van der Waals surface area (Å²) in [6.45, 7) is 9.95. The van der Waals surface area contributed by atoms with Crippen LogP contribution in [0.4, 0.5) is 5.82 Å². The van der Waals surface area contributed by atoms with E-state index in [-0.39, 0.29) is 24.0 Å². The van der Waals surface area contributed by atoms with Gasteiger partial charge in [-0.1, -0.05) is 12.8 Å². The molecule has 0 radical (unpaired) electrons. The Morgan fingerprint density at radius 1 is 1.21 bits per heavy atom. The Kier molecular flexibility index (Phi) is 8.41. The summed E-state index contributed by atoms with van der Waals surface area (Å²) in [6.07, 6.45) is 9.57. The molecule has 1 unspecified atom stereocenters. The van der Waals surface area contributed by atoms with Gasteiger partial charge in [0.2, 0.25) is 0 Å². The van der Waals surface area contributed by atoms with Gasteiger partial charge in [0, 0.05) is 50.9 Å². The van der Waals surface area contributed by atoms with Crippen LogP contribution >= 0.6 is 24.0 Å². The summed E-state index contributed by atoms with van der Waals surface area (Å²) in [7, 11) is 0. The lowest BCUT2D eigenvalue weighted by Crippen LogP contribution is -2.41. The minimum absolute atomic E-state index is 0. The summed E-state index contributed by atoms with van der Waals surface area (Å²) < 4.78 is 5.68. The summed E-state index contributed by atoms with van der Waals surface area (Å²) in [6, 6.07) is 4.33. The Balaban J connectivity index is 0.00000240. The highest BCUT2D eigenvalue weighted by molar-refractivity contribution is 14.0. The van der Waals surface area contributed by atoms with E-state index in [1.165, 1.54) is 44.1 Å². The number of ether oxygens (including phenoxy) is 1. The van der Waals surface area contributed by atoms with Crippen LogP contribution < -0.4 is 10.2 Å². The lowest BCUT2D eigenvalue weighted by Gasteiger charge is -2.25. The molecular formula is C22H36IN5O. The third-order valence-corrected chi connectivity index (χ3v) is 6.41. The summed E-state index contributed by atoms with van der Waals surface area (Å²) in [4.78, 5) is 14.5. The zero-order chi connectivity index (χ0) is 19.2. The molecule has 162 valence electrons. The minimum Gasteiger partial charge on any atom is -0.381 e. The normalized spacial score (nSPS) is 25.2. The first-order chi connectivity index (χ1) is 13.8. The van der Waals surface area contributed by atoms with E-state index in [2.05, 4.69) is 39.2 Å². The second kappa shape index (κ2) is 10.8. The van der Waals surface area contributed by atoms with Crippen molar-refractivity contribution in [2.24, 2.45) is 10.4 Å². The highest BCUT2D eigenvalue weighted by Gasteiger charge is 2.42. The van der Waals surface area contributed by atoms with Crippen LogP contribution in [0.15, 0.2) is 23.3 Å². The molecule has 4 heterocycles. The quantitative estimate of drug-likeness (QED) is 0.379. The van der Waals surface area contributed by atoms with E-state index in [4.69, 9.17) is 9.73 Å². The van der Waals surface area contributed by atoms with Gasteiger partial charge >= 0.3 is 0 Å². The fraction of sp³-hybridized carbons (Fsp3) is 0.727. The number of nitrogens with zero attached hydrogens (tertiary/aromatic N) is 4. The van der Waals surface area contributed by atoms with Gasteiger partial charge in [0.25, 0.3) is 0 Å². The van der Waals surface area contributed by atoms with E-state index >= 15 is 0 Å². The second-order valence-corrected chi connectivity index (χ2v) is 8.57. The van der Waals surface area contributed by atoms with E-state index < -0.39 is 0 Å². The molecule has 1 aromatic rings. The first kappa shape index (κ1) is 22.6. The molecule has 1 N–H and O–H groups in total. The average molecular weight is 513 g/mol. The summed E-state index contributed by atoms with van der Waals surface area (Å²) >= 11 is 0. The standard InChI is InChI=1S/C22H35N5O.HI/c1-2-23-21(27-13-8-22(17-27)9-14-28-18-22)25-16-19-7-10-24-20(15-19)26-11-5-3-4-6-12-26;/h7,10,15H,2-6,8-9,11-14,16-18H2,1H3,(H,23,25);1H. The van der Waals surface area contributed by atoms with Crippen LogP contribution in [-0.4, -0.2) is 61.8 Å². The number of hydrogen-bond donors (Lipinski definition) is 1. The van der Waals surface area contributed by atoms with Crippen LogP contribution in [0.3, 0.4) is 0 Å². The third-order valence-electron chi connectivity index (χ3n) is 6.41. The van der Waals surface area contributed by atoms with E-state index in [9.17, 15) is 0 Å². The van der Waals surface area contributed by atoms with Gasteiger partial charge < -0.3 is 19.9 Å². The largest absolute Gasteiger partial charge is 0.381 e. The predicted octanol–water partition coefficient (Wildman–Crippen LogP) is 3.66. The maximum atomic E-state index is 5.68. The van der Waals surface area contributed by atoms with Crippen molar-refractivity contribution in [1.29, 1.82) is 0 Å². The Hall–Kier alpha value is -1.09. The molecular weight excluding hydrogens is 477 g/mol. The first-order valence-corrected chi connectivity index (χ1v) is 11.1. The average Bonchev–Trinajstić information content (AvgIpc) is 3.26. The van der Waals surface area contributed by atoms with Crippen LogP contribution in [0, 0.1) is 5.41 Å². The fourth-order valence-corrected chi connectivity index (χ4v) is 4.71. The molecule has 0 aromatic carbocycles. The minimum atomic E-state index is 0. The number of halogens is 1. The third kappa shape index (κ3) is 5.75. The van der Waals surface area contributed by atoms with Gasteiger partial charge in [-0.15, -0.1) is 24.0 Å². The van der Waals surface area contributed by atoms with Gasteiger partial charge in [0.05, 0.1) is 13.2 Å². The molecule has 6 nitrogen and oxygen atoms in total. The van der Waals surface area contributed by atoms with Gasteiger partial charge in [0.15, 0.2) is 5.96 Å². The molecule has 1 spiro atoms. The van der Waals surface area contributed by atoms with E-state index in [1.54, 1.807) is 0 Å². The number of nitrogens with one attached hydrogen (secondary N) is 1. The maximum absolute atomic E-state index is 5.68. The molecule has 1 atom stereocenters. The van der Waals surface area contributed by atoms with Crippen LogP contribution in [0.2, 0.25) is 0 Å². The van der Waals surface area contributed by atoms with Crippen molar-refractivity contribution in [2.45, 2.75) is 52.0 Å². The Morgan fingerprint density at radius 3 is 2.76 bits per heavy atom. The van der Waals surface area contributed by atoms with Crippen molar-refractivity contribution >= 4 is 35.8 Å². The van der Waals surface area contributed by atoms with Crippen LogP contribution in [0.25, 0.3) is 0 Å². The van der Waals surface area contributed by atoms with Gasteiger partial charge in [-0.25, -0.2) is 9.98 Å². The van der Waals surface area contributed by atoms with Crippen molar-refractivity contribution in [1.82, 2.24) is 15.2 Å². The number of aromatic nitrogens is 1. The van der Waals surface area contributed by atoms with E-state index in [0.717, 1.165) is 57.7 Å². The monoisotopic (exact) mass is 513 g/mol. The number of pyridine rings is 1. The highest BCUT2D eigenvalue weighted by atomic mass is 127. The lowest BCUT2D eigenvalue weighted by molar-refractivity contribution is 0.156. The van der Waals surface area contributed by atoms with Gasteiger partial charge in [-0.2, -0.15) is 0 Å². The number of hydrogen-bond acceptors (Lipinski definition) is 4. The number of rotatable bonds is 4. The molecule has 0 bridgehead atoms. The second-order valence-electron chi connectivity index (χ2n) is 8.57. The number of anilines is 1. The molecule has 0 aliphatic carbocycles. The summed E-state index contributed by atoms with van der Waals surface area (Å²) in [5.74, 6) is 2.15. The van der Waals surface area contributed by atoms with E-state index in [0.29, 0.717) is 12.0 Å². The summed E-state index contributed by atoms with van der Waals surface area (Å²) in [5.41, 5.74) is 1.59. The molecule has 3 aliphatic rings. The predicted molar refractivity (Wildman–Crippen MR) is 129 cm³/mol. The van der Waals surface area contributed by atoms with Crippen LogP contribution in [0.1, 0.15) is 51.0 Å². The molecule has 29 heavy (non-hydrogen) atoms. The zero-order valence-electron chi connectivity index (χ0n) is 17.7.